The van der Waals surface area contributed by atoms with E-state index in [0.29, 0.717) is 27.4 Å². The molecule has 0 aliphatic heterocycles. The van der Waals surface area contributed by atoms with Gasteiger partial charge in [-0.05, 0) is 24.6 Å². The van der Waals surface area contributed by atoms with Crippen LogP contribution in [-0.2, 0) is 0 Å². The quantitative estimate of drug-likeness (QED) is 0.636. The molecular weight excluding hydrogens is 305 g/mol. The van der Waals surface area contributed by atoms with Gasteiger partial charge in [-0.25, -0.2) is 9.97 Å². The van der Waals surface area contributed by atoms with E-state index < -0.39 is 0 Å². The molecule has 104 valence electrons. The Morgan fingerprint density at radius 1 is 0.857 bits per heavy atom. The van der Waals surface area contributed by atoms with Gasteiger partial charge in [0.05, 0.1) is 5.56 Å². The summed E-state index contributed by atoms with van der Waals surface area (Å²) in [4.78, 5) is 12.8. The molecule has 2 heterocycles. The summed E-state index contributed by atoms with van der Waals surface area (Å²) in [6.45, 7) is 2.02. The Morgan fingerprint density at radius 3 is 2.10 bits per heavy atom. The number of benzene rings is 1. The predicted molar refractivity (Wildman–Crippen MR) is 85.5 cm³/mol. The van der Waals surface area contributed by atoms with Gasteiger partial charge in [-0.2, -0.15) is 0 Å². The van der Waals surface area contributed by atoms with Crippen LogP contribution < -0.4 is 0 Å². The second-order valence-corrected chi connectivity index (χ2v) is 5.30. The van der Waals surface area contributed by atoms with E-state index in [2.05, 4.69) is 15.0 Å². The van der Waals surface area contributed by atoms with Crippen LogP contribution in [0.3, 0.4) is 0 Å². The van der Waals surface area contributed by atoms with Gasteiger partial charge in [-0.1, -0.05) is 59.1 Å². The fourth-order valence-corrected chi connectivity index (χ4v) is 2.58. The van der Waals surface area contributed by atoms with E-state index in [4.69, 9.17) is 23.2 Å². The summed E-state index contributed by atoms with van der Waals surface area (Å²) in [7, 11) is 0. The molecule has 3 rings (SSSR count). The molecule has 3 nitrogen and oxygen atoms in total. The van der Waals surface area contributed by atoms with Gasteiger partial charge in [-0.15, -0.1) is 0 Å². The zero-order chi connectivity index (χ0) is 14.8. The van der Waals surface area contributed by atoms with Gasteiger partial charge >= 0.3 is 0 Å². The number of rotatable bonds is 2. The van der Waals surface area contributed by atoms with Crippen molar-refractivity contribution in [1.29, 1.82) is 0 Å². The number of hydrogen-bond donors (Lipinski definition) is 0. The van der Waals surface area contributed by atoms with Crippen molar-refractivity contribution in [1.82, 2.24) is 15.0 Å². The third kappa shape index (κ3) is 2.89. The molecule has 0 spiro atoms. The lowest BCUT2D eigenvalue weighted by molar-refractivity contribution is 1.14. The van der Waals surface area contributed by atoms with Crippen LogP contribution in [0.2, 0.25) is 10.3 Å². The van der Waals surface area contributed by atoms with E-state index in [9.17, 15) is 0 Å². The van der Waals surface area contributed by atoms with Gasteiger partial charge in [0.15, 0.2) is 5.82 Å². The number of aryl methyl sites for hydroxylation is 1. The Balaban J connectivity index is 2.11. The van der Waals surface area contributed by atoms with Crippen molar-refractivity contribution in [3.05, 3.63) is 64.5 Å². The van der Waals surface area contributed by atoms with Crippen molar-refractivity contribution in [3.8, 4) is 22.6 Å². The first-order chi connectivity index (χ1) is 10.1. The Labute approximate surface area is 132 Å². The topological polar surface area (TPSA) is 38.7 Å². The van der Waals surface area contributed by atoms with Gasteiger partial charge < -0.3 is 0 Å². The zero-order valence-corrected chi connectivity index (χ0v) is 12.7. The van der Waals surface area contributed by atoms with Gasteiger partial charge in [-0.3, -0.25) is 4.98 Å². The Hall–Kier alpha value is -1.97. The third-order valence-corrected chi connectivity index (χ3v) is 3.60. The summed E-state index contributed by atoms with van der Waals surface area (Å²) in [5, 5.41) is 0.638. The van der Waals surface area contributed by atoms with E-state index in [1.54, 1.807) is 6.20 Å². The average molecular weight is 316 g/mol. The first-order valence-corrected chi connectivity index (χ1v) is 7.12. The molecular formula is C16H11Cl2N3. The molecule has 5 heteroatoms. The number of aromatic nitrogens is 3. The van der Waals surface area contributed by atoms with Crippen LogP contribution in [-0.4, -0.2) is 15.0 Å². The van der Waals surface area contributed by atoms with Crippen LogP contribution in [0.5, 0.6) is 0 Å². The van der Waals surface area contributed by atoms with Crippen molar-refractivity contribution in [2.45, 2.75) is 6.92 Å². The summed E-state index contributed by atoms with van der Waals surface area (Å²) in [6, 6.07) is 13.4. The minimum Gasteiger partial charge on any atom is -0.253 e. The predicted octanol–water partition coefficient (Wildman–Crippen LogP) is 4.82. The molecule has 0 saturated heterocycles. The molecule has 3 aromatic rings. The van der Waals surface area contributed by atoms with Crippen LogP contribution in [0.25, 0.3) is 22.6 Å². The largest absolute Gasteiger partial charge is 0.253 e. The summed E-state index contributed by atoms with van der Waals surface area (Å²) < 4.78 is 0. The van der Waals surface area contributed by atoms with Gasteiger partial charge in [0.2, 0.25) is 0 Å². The number of nitrogens with zero attached hydrogens (tertiary/aromatic N) is 3. The van der Waals surface area contributed by atoms with Crippen molar-refractivity contribution in [2.75, 3.05) is 0 Å². The molecule has 0 fully saturated rings. The minimum atomic E-state index is 0.319. The fourth-order valence-electron chi connectivity index (χ4n) is 1.98. The number of hydrogen-bond acceptors (Lipinski definition) is 3. The lowest BCUT2D eigenvalue weighted by Gasteiger charge is -2.08. The maximum absolute atomic E-state index is 6.30. The number of pyridine rings is 1. The van der Waals surface area contributed by atoms with E-state index in [-0.39, 0.29) is 0 Å². The Morgan fingerprint density at radius 2 is 1.52 bits per heavy atom. The summed E-state index contributed by atoms with van der Waals surface area (Å²) in [5.74, 6) is 0.418. The second-order valence-electron chi connectivity index (χ2n) is 4.58. The SMILES string of the molecule is Cc1ccc(-c2c(Cl)nc(-c3ccccn3)nc2Cl)cc1. The molecule has 0 unspecified atom stereocenters. The fraction of sp³-hybridized carbons (Fsp3) is 0.0625. The highest BCUT2D eigenvalue weighted by Gasteiger charge is 2.15. The van der Waals surface area contributed by atoms with Gasteiger partial charge in [0, 0.05) is 6.20 Å². The highest BCUT2D eigenvalue weighted by atomic mass is 35.5. The van der Waals surface area contributed by atoms with Crippen molar-refractivity contribution in [3.63, 3.8) is 0 Å². The first-order valence-electron chi connectivity index (χ1n) is 6.36. The normalized spacial score (nSPS) is 10.6. The van der Waals surface area contributed by atoms with Gasteiger partial charge in [0.25, 0.3) is 0 Å². The van der Waals surface area contributed by atoms with Gasteiger partial charge in [0.1, 0.15) is 16.0 Å². The lowest BCUT2D eigenvalue weighted by Crippen LogP contribution is -1.96. The van der Waals surface area contributed by atoms with E-state index >= 15 is 0 Å². The standard InChI is InChI=1S/C16H11Cl2N3/c1-10-5-7-11(8-6-10)13-14(17)20-16(21-15(13)18)12-4-2-3-9-19-12/h2-9H,1H3. The molecule has 0 amide bonds. The molecule has 0 saturated carbocycles. The molecule has 0 radical (unpaired) electrons. The molecule has 0 N–H and O–H groups in total. The summed E-state index contributed by atoms with van der Waals surface area (Å²) >= 11 is 12.6. The zero-order valence-electron chi connectivity index (χ0n) is 11.2. The van der Waals surface area contributed by atoms with Crippen LogP contribution in [0.4, 0.5) is 0 Å². The second kappa shape index (κ2) is 5.80. The van der Waals surface area contributed by atoms with Crippen LogP contribution in [0, 0.1) is 6.92 Å². The first kappa shape index (κ1) is 14.0. The maximum atomic E-state index is 6.30. The monoisotopic (exact) mass is 315 g/mol. The van der Waals surface area contributed by atoms with Crippen LogP contribution >= 0.6 is 23.2 Å². The molecule has 21 heavy (non-hydrogen) atoms. The molecule has 0 aliphatic carbocycles. The van der Waals surface area contributed by atoms with Crippen molar-refractivity contribution < 1.29 is 0 Å². The minimum absolute atomic E-state index is 0.319. The summed E-state index contributed by atoms with van der Waals surface area (Å²) in [6.07, 6.45) is 1.67. The molecule has 1 aromatic carbocycles. The van der Waals surface area contributed by atoms with Crippen LogP contribution in [0.15, 0.2) is 48.7 Å². The summed E-state index contributed by atoms with van der Waals surface area (Å²) in [5.41, 5.74) is 3.33. The maximum Gasteiger partial charge on any atom is 0.181 e. The van der Waals surface area contributed by atoms with Crippen molar-refractivity contribution in [2.24, 2.45) is 0 Å². The Bertz CT molecular complexity index is 748. The van der Waals surface area contributed by atoms with Crippen molar-refractivity contribution >= 4 is 23.2 Å². The molecule has 0 bridgehead atoms. The molecule has 0 aliphatic rings. The van der Waals surface area contributed by atoms with E-state index in [0.717, 1.165) is 11.1 Å². The molecule has 0 atom stereocenters. The van der Waals surface area contributed by atoms with E-state index in [1.807, 2.05) is 49.4 Å². The smallest absolute Gasteiger partial charge is 0.181 e. The lowest BCUT2D eigenvalue weighted by atomic mass is 10.1. The third-order valence-electron chi connectivity index (χ3n) is 3.05. The molecule has 2 aromatic heterocycles. The Kier molecular flexibility index (Phi) is 3.86. The highest BCUT2D eigenvalue weighted by Crippen LogP contribution is 2.33. The van der Waals surface area contributed by atoms with E-state index in [1.165, 1.54) is 0 Å². The highest BCUT2D eigenvalue weighted by molar-refractivity contribution is 6.37. The number of halogens is 2. The average Bonchev–Trinajstić information content (AvgIpc) is 2.49. The van der Waals surface area contributed by atoms with Crippen LogP contribution in [0.1, 0.15) is 5.56 Å².